The summed E-state index contributed by atoms with van der Waals surface area (Å²) >= 11 is 6.14. The molecule has 1 amide bonds. The Kier molecular flexibility index (Phi) is 12.4. The smallest absolute Gasteiger partial charge is 0.268 e. The topological polar surface area (TPSA) is 94.2 Å². The van der Waals surface area contributed by atoms with Crippen LogP contribution in [-0.4, -0.2) is 77.5 Å². The molecule has 0 spiro atoms. The monoisotopic (exact) mass is 751 g/mol. The van der Waals surface area contributed by atoms with Crippen molar-refractivity contribution in [3.8, 4) is 22.6 Å². The first kappa shape index (κ1) is 37.9. The molecule has 9 nitrogen and oxygen atoms in total. The Bertz CT molecular complexity index is 2120. The number of benzene rings is 5. The number of anilines is 2. The lowest BCUT2D eigenvalue weighted by Gasteiger charge is -2.36. The molecule has 11 heteroatoms. The van der Waals surface area contributed by atoms with Gasteiger partial charge in [0.25, 0.3) is 15.9 Å². The van der Waals surface area contributed by atoms with Gasteiger partial charge in [0, 0.05) is 61.7 Å². The van der Waals surface area contributed by atoms with Gasteiger partial charge < -0.3 is 19.9 Å². The van der Waals surface area contributed by atoms with Crippen LogP contribution in [0, 0.1) is 6.92 Å². The quantitative estimate of drug-likeness (QED) is 0.111. The summed E-state index contributed by atoms with van der Waals surface area (Å²) in [6, 6.07) is 35.7. The van der Waals surface area contributed by atoms with E-state index in [1.54, 1.807) is 30.3 Å². The van der Waals surface area contributed by atoms with Crippen LogP contribution in [0.1, 0.15) is 27.9 Å². The molecule has 5 aromatic carbocycles. The third kappa shape index (κ3) is 9.97. The van der Waals surface area contributed by atoms with Gasteiger partial charge in [0.1, 0.15) is 11.5 Å². The summed E-state index contributed by atoms with van der Waals surface area (Å²) in [5.41, 5.74) is 6.22. The molecule has 0 unspecified atom stereocenters. The van der Waals surface area contributed by atoms with E-state index in [0.29, 0.717) is 10.8 Å². The van der Waals surface area contributed by atoms with Crippen LogP contribution in [-0.2, 0) is 16.6 Å². The van der Waals surface area contributed by atoms with E-state index in [1.165, 1.54) is 17.2 Å². The van der Waals surface area contributed by atoms with Crippen LogP contribution in [0.3, 0.4) is 0 Å². The van der Waals surface area contributed by atoms with Crippen molar-refractivity contribution in [3.63, 3.8) is 0 Å². The number of rotatable bonds is 14. The van der Waals surface area contributed by atoms with Gasteiger partial charge in [0.05, 0.1) is 10.5 Å². The Morgan fingerprint density at radius 2 is 1.57 bits per heavy atom. The highest BCUT2D eigenvalue weighted by atomic mass is 35.5. The lowest BCUT2D eigenvalue weighted by atomic mass is 9.99. The fraction of sp³-hybridized carbons (Fsp3) is 0.262. The van der Waals surface area contributed by atoms with Gasteiger partial charge in [0.15, 0.2) is 0 Å². The van der Waals surface area contributed by atoms with Gasteiger partial charge in [-0.05, 0) is 111 Å². The predicted octanol–water partition coefficient (Wildman–Crippen LogP) is 7.91. The van der Waals surface area contributed by atoms with Crippen LogP contribution in [0.15, 0.2) is 120 Å². The number of aryl methyl sites for hydroxylation is 1. The number of hydrogen-bond acceptors (Lipinski definition) is 8. The van der Waals surface area contributed by atoms with Crippen molar-refractivity contribution in [1.29, 1.82) is 0 Å². The van der Waals surface area contributed by atoms with Crippen molar-refractivity contribution < 1.29 is 17.9 Å². The summed E-state index contributed by atoms with van der Waals surface area (Å²) in [4.78, 5) is 20.5. The SMILES string of the molecule is Cc1cc(S(=O)(=O)NC(=O)c2ccc(N3CCN(Cc4ccccc4-c4ccc(Cl)cc4)CC3)cc2Oc2ccccc2)ccc1NCCCN(C)C. The molecule has 276 valence electrons. The van der Waals surface area contributed by atoms with E-state index in [4.69, 9.17) is 16.3 Å². The summed E-state index contributed by atoms with van der Waals surface area (Å²) in [6.45, 7) is 7.60. The molecule has 1 aliphatic heterocycles. The molecule has 0 aromatic heterocycles. The molecular weight excluding hydrogens is 706 g/mol. The number of nitrogens with one attached hydrogen (secondary N) is 2. The molecule has 1 heterocycles. The molecule has 0 aliphatic carbocycles. The number of nitrogens with zero attached hydrogens (tertiary/aromatic N) is 3. The van der Waals surface area contributed by atoms with Crippen molar-refractivity contribution in [3.05, 3.63) is 137 Å². The third-order valence-corrected chi connectivity index (χ3v) is 10.9. The van der Waals surface area contributed by atoms with Crippen LogP contribution in [0.25, 0.3) is 11.1 Å². The number of carbonyl (C=O) groups is 1. The summed E-state index contributed by atoms with van der Waals surface area (Å²) in [7, 11) is -0.117. The Morgan fingerprint density at radius 1 is 0.849 bits per heavy atom. The molecule has 0 radical (unpaired) electrons. The van der Waals surface area contributed by atoms with Crippen LogP contribution in [0.4, 0.5) is 11.4 Å². The number of sulfonamides is 1. The molecule has 53 heavy (non-hydrogen) atoms. The summed E-state index contributed by atoms with van der Waals surface area (Å²) in [5.74, 6) is 0.0411. The Hall–Kier alpha value is -4.87. The maximum Gasteiger partial charge on any atom is 0.268 e. The molecule has 6 rings (SSSR count). The van der Waals surface area contributed by atoms with Gasteiger partial charge in [-0.2, -0.15) is 0 Å². The van der Waals surface area contributed by atoms with Crippen molar-refractivity contribution in [1.82, 2.24) is 14.5 Å². The number of hydrogen-bond donors (Lipinski definition) is 2. The highest BCUT2D eigenvalue weighted by Crippen LogP contribution is 2.32. The van der Waals surface area contributed by atoms with E-state index >= 15 is 0 Å². The van der Waals surface area contributed by atoms with Crippen molar-refractivity contribution in [2.75, 3.05) is 63.6 Å². The van der Waals surface area contributed by atoms with E-state index in [0.717, 1.165) is 74.7 Å². The number of carbonyl (C=O) groups excluding carboxylic acids is 1. The number of piperazine rings is 1. The third-order valence-electron chi connectivity index (χ3n) is 9.32. The molecular formula is C42H46ClN5O4S. The van der Waals surface area contributed by atoms with E-state index in [-0.39, 0.29) is 16.2 Å². The van der Waals surface area contributed by atoms with Gasteiger partial charge in [-0.3, -0.25) is 9.69 Å². The van der Waals surface area contributed by atoms with Crippen molar-refractivity contribution in [2.24, 2.45) is 0 Å². The number of amides is 1. The number of ether oxygens (including phenoxy) is 1. The molecule has 1 aliphatic rings. The maximum atomic E-state index is 13.7. The minimum Gasteiger partial charge on any atom is -0.456 e. The van der Waals surface area contributed by atoms with Crippen LogP contribution >= 0.6 is 11.6 Å². The average Bonchev–Trinajstić information content (AvgIpc) is 3.15. The lowest BCUT2D eigenvalue weighted by Crippen LogP contribution is -2.46. The molecule has 2 N–H and O–H groups in total. The fourth-order valence-corrected chi connectivity index (χ4v) is 7.60. The van der Waals surface area contributed by atoms with E-state index < -0.39 is 15.9 Å². The van der Waals surface area contributed by atoms with Gasteiger partial charge in [-0.1, -0.05) is 66.2 Å². The second kappa shape index (κ2) is 17.3. The van der Waals surface area contributed by atoms with Gasteiger partial charge >= 0.3 is 0 Å². The Labute approximate surface area is 318 Å². The molecule has 1 saturated heterocycles. The fourth-order valence-electron chi connectivity index (χ4n) is 6.43. The lowest BCUT2D eigenvalue weighted by molar-refractivity contribution is 0.0979. The van der Waals surface area contributed by atoms with E-state index in [1.807, 2.05) is 63.5 Å². The minimum atomic E-state index is -4.17. The molecule has 0 saturated carbocycles. The van der Waals surface area contributed by atoms with Gasteiger partial charge in [0.2, 0.25) is 0 Å². The number of para-hydroxylation sites is 1. The van der Waals surface area contributed by atoms with Gasteiger partial charge in [-0.25, -0.2) is 13.1 Å². The zero-order chi connectivity index (χ0) is 37.4. The first-order valence-corrected chi connectivity index (χ1v) is 19.7. The van der Waals surface area contributed by atoms with Crippen LogP contribution in [0.2, 0.25) is 5.02 Å². The normalized spacial score (nSPS) is 13.6. The second-order valence-corrected chi connectivity index (χ2v) is 15.6. The average molecular weight is 752 g/mol. The first-order valence-electron chi connectivity index (χ1n) is 17.8. The standard InChI is InChI=1S/C42H46ClN5O4S/c1-31-28-37(19-21-40(31)44-22-9-23-46(2)3)53(50,51)45-42(49)39-20-18-35(29-41(39)52-36-11-5-4-6-12-36)48-26-24-47(25-27-48)30-33-10-7-8-13-38(33)32-14-16-34(43)17-15-32/h4-8,10-21,28-29,44H,9,22-27,30H2,1-3H3,(H,45,49). The highest BCUT2D eigenvalue weighted by molar-refractivity contribution is 7.90. The summed E-state index contributed by atoms with van der Waals surface area (Å²) in [6.07, 6.45) is 0.950. The zero-order valence-electron chi connectivity index (χ0n) is 30.4. The zero-order valence-corrected chi connectivity index (χ0v) is 32.0. The van der Waals surface area contributed by atoms with E-state index in [2.05, 4.69) is 61.1 Å². The largest absolute Gasteiger partial charge is 0.456 e. The van der Waals surface area contributed by atoms with Crippen molar-refractivity contribution >= 4 is 38.9 Å². The Balaban J connectivity index is 1.15. The number of halogens is 1. The van der Waals surface area contributed by atoms with Crippen LogP contribution in [0.5, 0.6) is 11.5 Å². The predicted molar refractivity (Wildman–Crippen MR) is 215 cm³/mol. The molecule has 0 bridgehead atoms. The summed E-state index contributed by atoms with van der Waals surface area (Å²) < 4.78 is 35.4. The maximum absolute atomic E-state index is 13.7. The molecule has 0 atom stereocenters. The molecule has 5 aromatic rings. The molecule has 1 fully saturated rings. The van der Waals surface area contributed by atoms with Gasteiger partial charge in [-0.15, -0.1) is 0 Å². The van der Waals surface area contributed by atoms with Crippen LogP contribution < -0.4 is 19.7 Å². The van der Waals surface area contributed by atoms with E-state index in [9.17, 15) is 13.2 Å². The highest BCUT2D eigenvalue weighted by Gasteiger charge is 2.25. The van der Waals surface area contributed by atoms with Crippen molar-refractivity contribution in [2.45, 2.75) is 24.8 Å². The summed E-state index contributed by atoms with van der Waals surface area (Å²) in [5, 5.41) is 4.08. The second-order valence-electron chi connectivity index (χ2n) is 13.5. The first-order chi connectivity index (χ1) is 25.6. The minimum absolute atomic E-state index is 0.0120. The Morgan fingerprint density at radius 3 is 2.28 bits per heavy atom.